The molecule has 1 atom stereocenters. The molecule has 112 valence electrons. The zero-order chi connectivity index (χ0) is 14.5. The number of carbonyl (C=O) groups is 1. The molecule has 1 aromatic rings. The number of hydrogen-bond acceptors (Lipinski definition) is 6. The lowest BCUT2D eigenvalue weighted by molar-refractivity contribution is -0.140. The van der Waals surface area contributed by atoms with E-state index in [0.29, 0.717) is 18.9 Å². The number of methoxy groups -OCH3 is 1. The van der Waals surface area contributed by atoms with Crippen LogP contribution in [-0.4, -0.2) is 56.2 Å². The third-order valence-corrected chi connectivity index (χ3v) is 4.48. The van der Waals surface area contributed by atoms with Crippen LogP contribution >= 0.6 is 11.3 Å². The maximum absolute atomic E-state index is 11.2. The summed E-state index contributed by atoms with van der Waals surface area (Å²) in [5.74, 6) is -0.175. The third-order valence-electron chi connectivity index (χ3n) is 3.55. The zero-order valence-electron chi connectivity index (χ0n) is 12.5. The molecule has 1 fully saturated rings. The Morgan fingerprint density at radius 1 is 1.60 bits per heavy atom. The van der Waals surface area contributed by atoms with Gasteiger partial charge in [0.15, 0.2) is 5.13 Å². The minimum absolute atomic E-state index is 0.175. The van der Waals surface area contributed by atoms with Crippen LogP contribution in [0.25, 0.3) is 0 Å². The highest BCUT2D eigenvalue weighted by Crippen LogP contribution is 2.29. The fourth-order valence-corrected chi connectivity index (χ4v) is 3.53. The van der Waals surface area contributed by atoms with Gasteiger partial charge in [-0.2, -0.15) is 0 Å². The van der Waals surface area contributed by atoms with Crippen LogP contribution in [0.4, 0.5) is 5.13 Å². The molecule has 20 heavy (non-hydrogen) atoms. The molecule has 1 unspecified atom stereocenters. The van der Waals surface area contributed by atoms with E-state index in [2.05, 4.69) is 39.0 Å². The normalized spacial score (nSPS) is 18.8. The number of thiazole rings is 1. The minimum atomic E-state index is -0.175. The van der Waals surface area contributed by atoms with Crippen LogP contribution < -0.4 is 4.90 Å². The average molecular weight is 297 g/mol. The molecule has 1 aliphatic rings. The Morgan fingerprint density at radius 2 is 2.40 bits per heavy atom. The van der Waals surface area contributed by atoms with Gasteiger partial charge in [-0.25, -0.2) is 4.98 Å². The van der Waals surface area contributed by atoms with Gasteiger partial charge in [0.05, 0.1) is 19.2 Å². The maximum Gasteiger partial charge on any atom is 0.305 e. The summed E-state index contributed by atoms with van der Waals surface area (Å²) in [4.78, 5) is 20.5. The van der Waals surface area contributed by atoms with Gasteiger partial charge in [-0.05, 0) is 26.9 Å². The summed E-state index contributed by atoms with van der Waals surface area (Å²) in [5.41, 5.74) is 0.992. The summed E-state index contributed by atoms with van der Waals surface area (Å²) in [5, 5.41) is 3.15. The molecular weight excluding hydrogens is 274 g/mol. The molecule has 1 aromatic heterocycles. The van der Waals surface area contributed by atoms with Gasteiger partial charge in [-0.1, -0.05) is 0 Å². The van der Waals surface area contributed by atoms with Crippen molar-refractivity contribution in [3.05, 3.63) is 11.1 Å². The molecule has 2 rings (SSSR count). The number of carbonyl (C=O) groups excluding carboxylic acids is 1. The molecule has 1 aliphatic heterocycles. The van der Waals surface area contributed by atoms with Crippen LogP contribution in [0.3, 0.4) is 0 Å². The molecule has 1 saturated heterocycles. The van der Waals surface area contributed by atoms with Crippen molar-refractivity contribution < 1.29 is 9.53 Å². The van der Waals surface area contributed by atoms with Gasteiger partial charge >= 0.3 is 5.97 Å². The first-order valence-corrected chi connectivity index (χ1v) is 7.90. The predicted molar refractivity (Wildman–Crippen MR) is 81.4 cm³/mol. The SMILES string of the molecule is COC(=O)CCc1csc(N2CCCC2CN(C)C)n1. The predicted octanol–water partition coefficient (Wildman–Crippen LogP) is 1.78. The summed E-state index contributed by atoms with van der Waals surface area (Å²) >= 11 is 1.68. The number of ether oxygens (including phenoxy) is 1. The summed E-state index contributed by atoms with van der Waals surface area (Å²) in [6.07, 6.45) is 3.53. The molecule has 6 heteroatoms. The summed E-state index contributed by atoms with van der Waals surface area (Å²) in [6, 6.07) is 0.560. The fourth-order valence-electron chi connectivity index (χ4n) is 2.57. The molecule has 2 heterocycles. The van der Waals surface area contributed by atoms with Crippen molar-refractivity contribution in [3.63, 3.8) is 0 Å². The Hall–Kier alpha value is -1.14. The quantitative estimate of drug-likeness (QED) is 0.749. The number of aryl methyl sites for hydroxylation is 1. The van der Waals surface area contributed by atoms with Crippen LogP contribution in [0.1, 0.15) is 25.0 Å². The number of nitrogens with zero attached hydrogens (tertiary/aromatic N) is 3. The van der Waals surface area contributed by atoms with Crippen molar-refractivity contribution in [2.24, 2.45) is 0 Å². The van der Waals surface area contributed by atoms with E-state index >= 15 is 0 Å². The van der Waals surface area contributed by atoms with Crippen molar-refractivity contribution in [1.29, 1.82) is 0 Å². The first kappa shape index (κ1) is 15.3. The van der Waals surface area contributed by atoms with Crippen LogP contribution in [0.2, 0.25) is 0 Å². The standard InChI is InChI=1S/C14H23N3O2S/c1-16(2)9-12-5-4-8-17(12)14-15-11(10-20-14)6-7-13(18)19-3/h10,12H,4-9H2,1-3H3. The van der Waals surface area contributed by atoms with Crippen molar-refractivity contribution >= 4 is 22.4 Å². The number of hydrogen-bond donors (Lipinski definition) is 0. The highest BCUT2D eigenvalue weighted by Gasteiger charge is 2.27. The number of anilines is 1. The Bertz CT molecular complexity index is 447. The average Bonchev–Trinajstić information content (AvgIpc) is 3.03. The second-order valence-electron chi connectivity index (χ2n) is 5.45. The summed E-state index contributed by atoms with van der Waals surface area (Å²) in [6.45, 7) is 2.15. The highest BCUT2D eigenvalue weighted by atomic mass is 32.1. The highest BCUT2D eigenvalue weighted by molar-refractivity contribution is 7.13. The molecular formula is C14H23N3O2S. The van der Waals surface area contributed by atoms with Gasteiger partial charge in [0, 0.05) is 30.9 Å². The van der Waals surface area contributed by atoms with Gasteiger partial charge in [-0.3, -0.25) is 4.79 Å². The van der Waals surface area contributed by atoms with Crippen molar-refractivity contribution in [1.82, 2.24) is 9.88 Å². The van der Waals surface area contributed by atoms with Gasteiger partial charge in [-0.15, -0.1) is 11.3 Å². The molecule has 0 bridgehead atoms. The molecule has 5 nitrogen and oxygen atoms in total. The number of esters is 1. The van der Waals surface area contributed by atoms with Crippen LogP contribution in [0, 0.1) is 0 Å². The zero-order valence-corrected chi connectivity index (χ0v) is 13.3. The van der Waals surface area contributed by atoms with Crippen molar-refractivity contribution in [2.45, 2.75) is 31.7 Å². The Balaban J connectivity index is 1.95. The molecule has 0 aromatic carbocycles. The Labute approximate surface area is 124 Å². The third kappa shape index (κ3) is 3.93. The van der Waals surface area contributed by atoms with E-state index in [-0.39, 0.29) is 5.97 Å². The fraction of sp³-hybridized carbons (Fsp3) is 0.714. The smallest absolute Gasteiger partial charge is 0.305 e. The Kier molecular flexibility index (Phi) is 5.37. The maximum atomic E-state index is 11.2. The van der Waals surface area contributed by atoms with E-state index in [1.165, 1.54) is 20.0 Å². The minimum Gasteiger partial charge on any atom is -0.469 e. The molecule has 0 radical (unpaired) electrons. The Morgan fingerprint density at radius 3 is 3.10 bits per heavy atom. The number of likely N-dealkylation sites (N-methyl/N-ethyl adjacent to an activating group) is 1. The van der Waals surface area contributed by atoms with E-state index in [4.69, 9.17) is 0 Å². The molecule has 0 N–H and O–H groups in total. The first-order valence-electron chi connectivity index (χ1n) is 7.02. The molecule has 0 saturated carbocycles. The van der Waals surface area contributed by atoms with E-state index < -0.39 is 0 Å². The van der Waals surface area contributed by atoms with Gasteiger partial charge in [0.25, 0.3) is 0 Å². The van der Waals surface area contributed by atoms with Gasteiger partial charge < -0.3 is 14.5 Å². The number of aromatic nitrogens is 1. The van der Waals surface area contributed by atoms with E-state index in [9.17, 15) is 4.79 Å². The lowest BCUT2D eigenvalue weighted by atomic mass is 10.2. The lowest BCUT2D eigenvalue weighted by Gasteiger charge is -2.26. The first-order chi connectivity index (χ1) is 9.60. The lowest BCUT2D eigenvalue weighted by Crippen LogP contribution is -2.37. The second-order valence-corrected chi connectivity index (χ2v) is 6.29. The molecule has 0 aliphatic carbocycles. The van der Waals surface area contributed by atoms with Crippen molar-refractivity contribution in [2.75, 3.05) is 39.2 Å². The molecule has 0 spiro atoms. The van der Waals surface area contributed by atoms with Gasteiger partial charge in [0.2, 0.25) is 0 Å². The van der Waals surface area contributed by atoms with Crippen LogP contribution in [0.5, 0.6) is 0 Å². The van der Waals surface area contributed by atoms with E-state index in [0.717, 1.165) is 23.9 Å². The largest absolute Gasteiger partial charge is 0.469 e. The molecule has 0 amide bonds. The van der Waals surface area contributed by atoms with E-state index in [1.807, 2.05) is 0 Å². The summed E-state index contributed by atoms with van der Waals surface area (Å²) in [7, 11) is 5.64. The van der Waals surface area contributed by atoms with Gasteiger partial charge in [0.1, 0.15) is 0 Å². The topological polar surface area (TPSA) is 45.7 Å². The number of rotatable bonds is 6. The monoisotopic (exact) mass is 297 g/mol. The van der Waals surface area contributed by atoms with E-state index in [1.54, 1.807) is 11.3 Å². The summed E-state index contributed by atoms with van der Waals surface area (Å²) < 4.78 is 4.66. The van der Waals surface area contributed by atoms with Crippen LogP contribution in [-0.2, 0) is 16.0 Å². The second kappa shape index (κ2) is 7.04. The van der Waals surface area contributed by atoms with Crippen molar-refractivity contribution in [3.8, 4) is 0 Å². The van der Waals surface area contributed by atoms with Crippen LogP contribution in [0.15, 0.2) is 5.38 Å².